The van der Waals surface area contributed by atoms with Crippen molar-refractivity contribution in [2.75, 3.05) is 0 Å². The van der Waals surface area contributed by atoms with Crippen molar-refractivity contribution in [1.29, 1.82) is 0 Å². The van der Waals surface area contributed by atoms with Gasteiger partial charge in [0.25, 0.3) is 5.49 Å². The van der Waals surface area contributed by atoms with Gasteiger partial charge in [-0.25, -0.2) is 4.39 Å². The van der Waals surface area contributed by atoms with E-state index in [-0.39, 0.29) is 11.6 Å². The molecule has 8 nitrogen and oxygen atoms in total. The third kappa shape index (κ3) is 3.53. The molecule has 0 radical (unpaired) electrons. The molecule has 11 heteroatoms. The summed E-state index contributed by atoms with van der Waals surface area (Å²) < 4.78 is 13.1. The van der Waals surface area contributed by atoms with Crippen molar-refractivity contribution in [3.05, 3.63) is 79.5 Å². The van der Waals surface area contributed by atoms with Crippen LogP contribution in [0.1, 0.15) is 5.56 Å². The van der Waals surface area contributed by atoms with E-state index in [9.17, 15) is 19.7 Å². The second-order valence-corrected chi connectivity index (χ2v) is 5.96. The van der Waals surface area contributed by atoms with Crippen LogP contribution in [-0.2, 0) is 6.54 Å². The average Bonchev–Trinajstić information content (AvgIpc) is 2.91. The van der Waals surface area contributed by atoms with Crippen LogP contribution in [0.5, 0.6) is 0 Å². The van der Waals surface area contributed by atoms with Gasteiger partial charge in [0.1, 0.15) is 11.5 Å². The monoisotopic (exact) mass is 397 g/mol. The van der Waals surface area contributed by atoms with Crippen molar-refractivity contribution < 1.29 is 14.5 Å². The largest absolute Gasteiger partial charge is 0.438 e. The Hall–Kier alpha value is -2.91. The molecule has 0 saturated heterocycles. The number of hydrogen-bond donors (Lipinski definition) is 1. The molecule has 0 unspecified atom stereocenters. The van der Waals surface area contributed by atoms with Crippen LogP contribution in [0.15, 0.2) is 47.5 Å². The van der Waals surface area contributed by atoms with E-state index >= 15 is 0 Å². The first-order valence-electron chi connectivity index (χ1n) is 7.13. The van der Waals surface area contributed by atoms with E-state index in [2.05, 4.69) is 10.1 Å². The smallest absolute Gasteiger partial charge is 0.409 e. The van der Waals surface area contributed by atoms with Crippen molar-refractivity contribution in [2.24, 2.45) is 4.99 Å². The predicted molar refractivity (Wildman–Crippen MR) is 91.1 cm³/mol. The Labute approximate surface area is 155 Å². The maximum absolute atomic E-state index is 13.1. The van der Waals surface area contributed by atoms with Crippen LogP contribution in [0.25, 0.3) is 5.69 Å². The lowest BCUT2D eigenvalue weighted by atomic mass is 10.2. The number of nitro groups is 1. The van der Waals surface area contributed by atoms with Gasteiger partial charge in [-0.1, -0.05) is 40.2 Å². The number of rotatable bonds is 4. The number of nitrogens with zero attached hydrogens (tertiary/aromatic N) is 5. The molecule has 0 aliphatic carbocycles. The summed E-state index contributed by atoms with van der Waals surface area (Å²) in [5.74, 6) is -1.18. The molecular formula is C15H10Cl2FN5O3. The molecule has 2 aromatic carbocycles. The lowest BCUT2D eigenvalue weighted by Gasteiger charge is -2.01. The Morgan fingerprint density at radius 3 is 2.69 bits per heavy atom. The number of hydrogen-bond acceptors (Lipinski definition) is 5. The Morgan fingerprint density at radius 2 is 2.04 bits per heavy atom. The first kappa shape index (κ1) is 17.9. The third-order valence-corrected chi connectivity index (χ3v) is 3.97. The molecular weight excluding hydrogens is 388 g/mol. The minimum Gasteiger partial charge on any atom is -0.409 e. The lowest BCUT2D eigenvalue weighted by Crippen LogP contribution is -2.22. The van der Waals surface area contributed by atoms with Gasteiger partial charge in [0.2, 0.25) is 0 Å². The molecule has 3 rings (SSSR count). The van der Waals surface area contributed by atoms with E-state index in [0.29, 0.717) is 21.1 Å². The fourth-order valence-corrected chi connectivity index (χ4v) is 2.60. The average molecular weight is 398 g/mol. The fourth-order valence-electron chi connectivity index (χ4n) is 2.19. The van der Waals surface area contributed by atoms with Gasteiger partial charge in [0.15, 0.2) is 0 Å². The topological polar surface area (TPSA) is 98.5 Å². The summed E-state index contributed by atoms with van der Waals surface area (Å²) in [6.07, 6.45) is 0. The summed E-state index contributed by atoms with van der Waals surface area (Å²) in [6.45, 7) is -0.123. The summed E-state index contributed by atoms with van der Waals surface area (Å²) in [5, 5.41) is 25.8. The highest BCUT2D eigenvalue weighted by Crippen LogP contribution is 2.18. The maximum Gasteiger partial charge on any atom is 0.438 e. The second kappa shape index (κ2) is 7.14. The van der Waals surface area contributed by atoms with Crippen molar-refractivity contribution in [2.45, 2.75) is 6.54 Å². The molecule has 0 aliphatic rings. The van der Waals surface area contributed by atoms with Gasteiger partial charge in [-0.2, -0.15) is 0 Å². The Balaban J connectivity index is 2.10. The quantitative estimate of drug-likeness (QED) is 0.414. The molecule has 0 aliphatic heterocycles. The van der Waals surface area contributed by atoms with Crippen molar-refractivity contribution in [1.82, 2.24) is 14.7 Å². The van der Waals surface area contributed by atoms with Crippen LogP contribution in [0.3, 0.4) is 0 Å². The summed E-state index contributed by atoms with van der Waals surface area (Å²) in [6, 6.07) is 9.90. The fraction of sp³-hybridized carbons (Fsp3) is 0.0667. The van der Waals surface area contributed by atoms with Gasteiger partial charge in [0.05, 0.1) is 11.6 Å². The predicted octanol–water partition coefficient (Wildman–Crippen LogP) is 3.37. The first-order chi connectivity index (χ1) is 12.4. The van der Waals surface area contributed by atoms with Gasteiger partial charge < -0.3 is 15.3 Å². The summed E-state index contributed by atoms with van der Waals surface area (Å²) in [5.41, 5.74) is 0.331. The van der Waals surface area contributed by atoms with Crippen molar-refractivity contribution in [3.8, 4) is 5.69 Å². The van der Waals surface area contributed by atoms with Gasteiger partial charge >= 0.3 is 5.82 Å². The van der Waals surface area contributed by atoms with Crippen molar-refractivity contribution >= 4 is 29.0 Å². The highest BCUT2D eigenvalue weighted by Gasteiger charge is 2.24. The molecule has 26 heavy (non-hydrogen) atoms. The normalized spacial score (nSPS) is 11.7. The zero-order chi connectivity index (χ0) is 18.8. The van der Waals surface area contributed by atoms with Crippen molar-refractivity contribution in [3.63, 3.8) is 0 Å². The number of halogens is 3. The summed E-state index contributed by atoms with van der Waals surface area (Å²) >= 11 is 11.8. The minimum absolute atomic E-state index is 0.114. The third-order valence-electron chi connectivity index (χ3n) is 3.38. The highest BCUT2D eigenvalue weighted by molar-refractivity contribution is 6.31. The SMILES string of the molecule is O=[N+]([O-])c1nn(-c2cccc(Cl)c2)n(O)c1=NCc1ccc(F)cc1Cl. The zero-order valence-electron chi connectivity index (χ0n) is 12.9. The Morgan fingerprint density at radius 1 is 1.27 bits per heavy atom. The molecule has 134 valence electrons. The van der Waals surface area contributed by atoms with E-state index in [0.717, 1.165) is 10.9 Å². The second-order valence-electron chi connectivity index (χ2n) is 5.12. The lowest BCUT2D eigenvalue weighted by molar-refractivity contribution is -0.391. The molecule has 1 N–H and O–H groups in total. The van der Waals surface area contributed by atoms with Gasteiger partial charge in [-0.15, -0.1) is 0 Å². The summed E-state index contributed by atoms with van der Waals surface area (Å²) in [7, 11) is 0. The number of benzene rings is 2. The Kier molecular flexibility index (Phi) is 4.92. The maximum atomic E-state index is 13.1. The summed E-state index contributed by atoms with van der Waals surface area (Å²) in [4.78, 5) is 15.8. The Bertz CT molecular complexity index is 1060. The van der Waals surface area contributed by atoms with E-state index in [1.807, 2.05) is 0 Å². The van der Waals surface area contributed by atoms with Gasteiger partial charge in [0, 0.05) is 10.0 Å². The molecule has 0 spiro atoms. The minimum atomic E-state index is -0.779. The molecule has 1 heterocycles. The molecule has 0 atom stereocenters. The molecule has 0 bridgehead atoms. The van der Waals surface area contributed by atoms with E-state index in [1.165, 1.54) is 18.2 Å². The van der Waals surface area contributed by atoms with E-state index in [1.54, 1.807) is 18.2 Å². The van der Waals surface area contributed by atoms with Crippen LogP contribution in [0.2, 0.25) is 10.0 Å². The van der Waals surface area contributed by atoms with Crippen LogP contribution >= 0.6 is 23.2 Å². The first-order valence-corrected chi connectivity index (χ1v) is 7.89. The molecule has 1 aromatic heterocycles. The van der Waals surface area contributed by atoms with E-state index in [4.69, 9.17) is 23.2 Å². The molecule has 3 aromatic rings. The molecule has 0 amide bonds. The molecule has 0 fully saturated rings. The van der Waals surface area contributed by atoms with E-state index < -0.39 is 22.0 Å². The van der Waals surface area contributed by atoms with Crippen LogP contribution in [0.4, 0.5) is 10.2 Å². The van der Waals surface area contributed by atoms with Crippen LogP contribution < -0.4 is 5.49 Å². The van der Waals surface area contributed by atoms with Gasteiger partial charge in [-0.3, -0.25) is 4.99 Å². The highest BCUT2D eigenvalue weighted by atomic mass is 35.5. The zero-order valence-corrected chi connectivity index (χ0v) is 14.4. The standard InChI is InChI=1S/C15H10Cl2FN5O3/c16-10-2-1-3-12(6-10)21-20-15(23(25)26)14(22(21)24)19-8-9-4-5-11(18)7-13(9)17/h1-7,24H,8H2. The van der Waals surface area contributed by atoms with Crippen LogP contribution in [0, 0.1) is 15.9 Å². The molecule has 0 saturated carbocycles. The van der Waals surface area contributed by atoms with Crippen LogP contribution in [-0.4, -0.2) is 24.9 Å². The number of aromatic nitrogens is 3. The van der Waals surface area contributed by atoms with Gasteiger partial charge in [-0.05, 0) is 45.6 Å².